The van der Waals surface area contributed by atoms with Gasteiger partial charge in [0.2, 0.25) is 5.91 Å². The van der Waals surface area contributed by atoms with Crippen LogP contribution in [0, 0.1) is 12.3 Å². The van der Waals surface area contributed by atoms with Crippen molar-refractivity contribution in [1.82, 2.24) is 10.2 Å². The van der Waals surface area contributed by atoms with Gasteiger partial charge in [-0.2, -0.15) is 0 Å². The quantitative estimate of drug-likeness (QED) is 0.847. The van der Waals surface area contributed by atoms with Crippen LogP contribution in [-0.4, -0.2) is 41.7 Å². The third-order valence-electron chi connectivity index (χ3n) is 5.21. The molecule has 0 aliphatic carbocycles. The van der Waals surface area contributed by atoms with Crippen molar-refractivity contribution in [3.63, 3.8) is 0 Å². The Hall–Kier alpha value is -1.39. The fourth-order valence-electron chi connectivity index (χ4n) is 3.32. The van der Waals surface area contributed by atoms with Crippen LogP contribution in [0.5, 0.6) is 0 Å². The first kappa shape index (κ1) is 18.0. The van der Waals surface area contributed by atoms with E-state index in [4.69, 9.17) is 0 Å². The number of rotatable bonds is 6. The number of hydrogen-bond donors (Lipinski definition) is 2. The molecular formula is C19H30N2O2. The van der Waals surface area contributed by atoms with E-state index < -0.39 is 0 Å². The maximum absolute atomic E-state index is 13.3. The Morgan fingerprint density at radius 2 is 2.00 bits per heavy atom. The molecule has 2 N–H and O–H groups in total. The molecule has 0 radical (unpaired) electrons. The van der Waals surface area contributed by atoms with Crippen molar-refractivity contribution in [2.75, 3.05) is 19.7 Å². The SMILES string of the molecule is CC[C@@H](CO)N(Cc1ccccc1C)C(=O)C1(C)CCNCC1. The Morgan fingerprint density at radius 1 is 1.35 bits per heavy atom. The lowest BCUT2D eigenvalue weighted by atomic mass is 9.79. The zero-order valence-corrected chi connectivity index (χ0v) is 14.6. The summed E-state index contributed by atoms with van der Waals surface area (Å²) in [6.07, 6.45) is 2.48. The molecular weight excluding hydrogens is 288 g/mol. The summed E-state index contributed by atoms with van der Waals surface area (Å²) in [6.45, 7) is 8.54. The van der Waals surface area contributed by atoms with Gasteiger partial charge in [0.1, 0.15) is 0 Å². The molecule has 1 atom stereocenters. The van der Waals surface area contributed by atoms with Crippen molar-refractivity contribution >= 4 is 5.91 Å². The van der Waals surface area contributed by atoms with E-state index in [1.165, 1.54) is 5.56 Å². The summed E-state index contributed by atoms with van der Waals surface area (Å²) in [5.74, 6) is 0.183. The van der Waals surface area contributed by atoms with Crippen molar-refractivity contribution in [1.29, 1.82) is 0 Å². The normalized spacial score (nSPS) is 18.4. The maximum Gasteiger partial charge on any atom is 0.229 e. The number of hydrogen-bond acceptors (Lipinski definition) is 3. The minimum Gasteiger partial charge on any atom is -0.394 e. The smallest absolute Gasteiger partial charge is 0.229 e. The first-order valence-corrected chi connectivity index (χ1v) is 8.69. The Kier molecular flexibility index (Phi) is 6.19. The number of aliphatic hydroxyl groups excluding tert-OH is 1. The molecule has 0 aromatic heterocycles. The monoisotopic (exact) mass is 318 g/mol. The van der Waals surface area contributed by atoms with Crippen molar-refractivity contribution in [2.24, 2.45) is 5.41 Å². The fraction of sp³-hybridized carbons (Fsp3) is 0.632. The van der Waals surface area contributed by atoms with Gasteiger partial charge >= 0.3 is 0 Å². The summed E-state index contributed by atoms with van der Waals surface area (Å²) in [5, 5.41) is 13.1. The second-order valence-corrected chi connectivity index (χ2v) is 6.91. The molecule has 0 saturated carbocycles. The van der Waals surface area contributed by atoms with Crippen LogP contribution in [-0.2, 0) is 11.3 Å². The molecule has 2 rings (SSSR count). The number of carbonyl (C=O) groups is 1. The summed E-state index contributed by atoms with van der Waals surface area (Å²) in [6, 6.07) is 8.06. The molecule has 128 valence electrons. The van der Waals surface area contributed by atoms with Gasteiger partial charge in [-0.1, -0.05) is 38.1 Å². The summed E-state index contributed by atoms with van der Waals surface area (Å²) in [5.41, 5.74) is 2.02. The zero-order chi connectivity index (χ0) is 16.9. The van der Waals surface area contributed by atoms with Crippen LogP contribution < -0.4 is 5.32 Å². The van der Waals surface area contributed by atoms with E-state index in [-0.39, 0.29) is 24.0 Å². The van der Waals surface area contributed by atoms with E-state index in [0.717, 1.165) is 37.9 Å². The summed E-state index contributed by atoms with van der Waals surface area (Å²) >= 11 is 0. The minimum absolute atomic E-state index is 0.0163. The fourth-order valence-corrected chi connectivity index (χ4v) is 3.32. The second-order valence-electron chi connectivity index (χ2n) is 6.91. The summed E-state index contributed by atoms with van der Waals surface area (Å²) < 4.78 is 0. The van der Waals surface area contributed by atoms with Gasteiger partial charge in [-0.05, 0) is 50.4 Å². The lowest BCUT2D eigenvalue weighted by Crippen LogP contribution is -2.51. The number of piperidine rings is 1. The average molecular weight is 318 g/mol. The lowest BCUT2D eigenvalue weighted by Gasteiger charge is -2.40. The van der Waals surface area contributed by atoms with Crippen molar-refractivity contribution in [2.45, 2.75) is 52.6 Å². The second kappa shape index (κ2) is 7.93. The Balaban J connectivity index is 2.26. The number of benzene rings is 1. The van der Waals surface area contributed by atoms with E-state index in [1.54, 1.807) is 0 Å². The molecule has 4 nitrogen and oxygen atoms in total. The first-order chi connectivity index (χ1) is 11.0. The van der Waals surface area contributed by atoms with E-state index in [1.807, 2.05) is 24.0 Å². The molecule has 0 unspecified atom stereocenters. The van der Waals surface area contributed by atoms with Crippen LogP contribution in [0.1, 0.15) is 44.2 Å². The topological polar surface area (TPSA) is 52.6 Å². The predicted octanol–water partition coefficient (Wildman–Crippen LogP) is 2.48. The van der Waals surface area contributed by atoms with Crippen molar-refractivity contribution in [3.05, 3.63) is 35.4 Å². The molecule has 1 fully saturated rings. The number of nitrogens with one attached hydrogen (secondary N) is 1. The molecule has 1 aromatic carbocycles. The number of nitrogens with zero attached hydrogens (tertiary/aromatic N) is 1. The largest absolute Gasteiger partial charge is 0.394 e. The van der Waals surface area contributed by atoms with Gasteiger partial charge < -0.3 is 15.3 Å². The molecule has 1 aliphatic rings. The predicted molar refractivity (Wildman–Crippen MR) is 93.1 cm³/mol. The highest BCUT2D eigenvalue weighted by Gasteiger charge is 2.39. The van der Waals surface area contributed by atoms with Gasteiger partial charge in [-0.3, -0.25) is 4.79 Å². The lowest BCUT2D eigenvalue weighted by molar-refractivity contribution is -0.147. The molecule has 23 heavy (non-hydrogen) atoms. The number of amides is 1. The summed E-state index contributed by atoms with van der Waals surface area (Å²) in [4.78, 5) is 15.2. The van der Waals surface area contributed by atoms with Gasteiger partial charge in [0, 0.05) is 12.0 Å². The molecule has 0 bridgehead atoms. The van der Waals surface area contributed by atoms with Crippen LogP contribution >= 0.6 is 0 Å². The van der Waals surface area contributed by atoms with Crippen LogP contribution in [0.3, 0.4) is 0 Å². The first-order valence-electron chi connectivity index (χ1n) is 8.69. The van der Waals surface area contributed by atoms with Gasteiger partial charge in [0.05, 0.1) is 12.6 Å². The van der Waals surface area contributed by atoms with Crippen LogP contribution in [0.25, 0.3) is 0 Å². The molecule has 0 spiro atoms. The van der Waals surface area contributed by atoms with Crippen LogP contribution in [0.15, 0.2) is 24.3 Å². The van der Waals surface area contributed by atoms with Gasteiger partial charge in [-0.25, -0.2) is 0 Å². The van der Waals surface area contributed by atoms with Crippen molar-refractivity contribution in [3.8, 4) is 0 Å². The van der Waals surface area contributed by atoms with Gasteiger partial charge in [0.15, 0.2) is 0 Å². The summed E-state index contributed by atoms with van der Waals surface area (Å²) in [7, 11) is 0. The number of aryl methyl sites for hydroxylation is 1. The van der Waals surface area contributed by atoms with Crippen molar-refractivity contribution < 1.29 is 9.90 Å². The molecule has 1 aliphatic heterocycles. The molecule has 1 amide bonds. The molecule has 1 heterocycles. The molecule has 1 aromatic rings. The van der Waals surface area contributed by atoms with Gasteiger partial charge in [-0.15, -0.1) is 0 Å². The zero-order valence-electron chi connectivity index (χ0n) is 14.6. The minimum atomic E-state index is -0.323. The number of aliphatic hydroxyl groups is 1. The van der Waals surface area contributed by atoms with E-state index >= 15 is 0 Å². The Labute approximate surface area is 139 Å². The molecule has 1 saturated heterocycles. The standard InChI is InChI=1S/C19H30N2O2/c1-4-17(14-22)21(13-16-8-6-5-7-15(16)2)18(23)19(3)9-11-20-12-10-19/h5-8,17,20,22H,4,9-14H2,1-3H3/t17-/m0/s1. The van der Waals surface area contributed by atoms with Gasteiger partial charge in [0.25, 0.3) is 0 Å². The van der Waals surface area contributed by atoms with E-state index in [2.05, 4.69) is 31.3 Å². The third kappa shape index (κ3) is 4.12. The Morgan fingerprint density at radius 3 is 2.57 bits per heavy atom. The van der Waals surface area contributed by atoms with Crippen LogP contribution in [0.2, 0.25) is 0 Å². The third-order valence-corrected chi connectivity index (χ3v) is 5.21. The highest BCUT2D eigenvalue weighted by Crippen LogP contribution is 2.32. The van der Waals surface area contributed by atoms with E-state index in [0.29, 0.717) is 6.54 Å². The maximum atomic E-state index is 13.3. The molecule has 4 heteroatoms. The Bertz CT molecular complexity index is 520. The highest BCUT2D eigenvalue weighted by atomic mass is 16.3. The number of carbonyl (C=O) groups excluding carboxylic acids is 1. The van der Waals surface area contributed by atoms with E-state index in [9.17, 15) is 9.90 Å². The highest BCUT2D eigenvalue weighted by molar-refractivity contribution is 5.83. The van der Waals surface area contributed by atoms with Crippen LogP contribution in [0.4, 0.5) is 0 Å². The average Bonchev–Trinajstić information content (AvgIpc) is 2.56.